The SMILES string of the molecule is CC(O)C(=O)OCCC(=O)O. The van der Waals surface area contributed by atoms with E-state index in [1.54, 1.807) is 0 Å². The molecule has 0 bridgehead atoms. The number of carboxylic acid groups (broad SMARTS) is 1. The summed E-state index contributed by atoms with van der Waals surface area (Å²) in [5.41, 5.74) is 0. The van der Waals surface area contributed by atoms with Gasteiger partial charge in [-0.05, 0) is 6.92 Å². The average molecular weight is 162 g/mol. The van der Waals surface area contributed by atoms with Crippen molar-refractivity contribution in [2.45, 2.75) is 19.4 Å². The summed E-state index contributed by atoms with van der Waals surface area (Å²) < 4.78 is 4.34. The van der Waals surface area contributed by atoms with Crippen LogP contribution in [0.5, 0.6) is 0 Å². The summed E-state index contributed by atoms with van der Waals surface area (Å²) >= 11 is 0. The molecule has 0 aliphatic heterocycles. The van der Waals surface area contributed by atoms with Crippen LogP contribution in [-0.4, -0.2) is 34.9 Å². The molecule has 2 N–H and O–H groups in total. The van der Waals surface area contributed by atoms with E-state index in [4.69, 9.17) is 10.2 Å². The van der Waals surface area contributed by atoms with Crippen LogP contribution in [0.2, 0.25) is 0 Å². The molecule has 0 aromatic heterocycles. The van der Waals surface area contributed by atoms with Crippen molar-refractivity contribution in [2.75, 3.05) is 6.61 Å². The van der Waals surface area contributed by atoms with Gasteiger partial charge in [-0.3, -0.25) is 4.79 Å². The molecule has 64 valence electrons. The Kier molecular flexibility index (Phi) is 4.21. The van der Waals surface area contributed by atoms with Gasteiger partial charge in [0.1, 0.15) is 12.7 Å². The fourth-order valence-electron chi connectivity index (χ4n) is 0.360. The smallest absolute Gasteiger partial charge is 0.334 e. The first-order valence-electron chi connectivity index (χ1n) is 3.10. The van der Waals surface area contributed by atoms with Crippen molar-refractivity contribution in [2.24, 2.45) is 0 Å². The largest absolute Gasteiger partial charge is 0.481 e. The minimum absolute atomic E-state index is 0.195. The lowest BCUT2D eigenvalue weighted by Crippen LogP contribution is -2.20. The normalized spacial score (nSPS) is 12.2. The van der Waals surface area contributed by atoms with E-state index in [0.29, 0.717) is 0 Å². The second kappa shape index (κ2) is 4.68. The van der Waals surface area contributed by atoms with Gasteiger partial charge in [-0.2, -0.15) is 0 Å². The maximum absolute atomic E-state index is 10.5. The number of rotatable bonds is 4. The molecule has 5 heteroatoms. The molecule has 0 radical (unpaired) electrons. The molecule has 0 saturated heterocycles. The molecule has 5 nitrogen and oxygen atoms in total. The predicted molar refractivity (Wildman–Crippen MR) is 34.9 cm³/mol. The highest BCUT2D eigenvalue weighted by atomic mass is 16.5. The Balaban J connectivity index is 3.39. The summed E-state index contributed by atoms with van der Waals surface area (Å²) in [5, 5.41) is 16.7. The minimum atomic E-state index is -1.19. The minimum Gasteiger partial charge on any atom is -0.481 e. The maximum atomic E-state index is 10.5. The van der Waals surface area contributed by atoms with Crippen molar-refractivity contribution in [3.05, 3.63) is 0 Å². The number of aliphatic hydroxyl groups is 1. The third kappa shape index (κ3) is 5.35. The zero-order chi connectivity index (χ0) is 8.85. The summed E-state index contributed by atoms with van der Waals surface area (Å²) in [6.45, 7) is 1.06. The van der Waals surface area contributed by atoms with Gasteiger partial charge in [0.15, 0.2) is 0 Å². The van der Waals surface area contributed by atoms with Crippen LogP contribution in [0.4, 0.5) is 0 Å². The zero-order valence-corrected chi connectivity index (χ0v) is 6.11. The third-order valence-electron chi connectivity index (χ3n) is 0.901. The van der Waals surface area contributed by atoms with Crippen LogP contribution in [0.25, 0.3) is 0 Å². The molecule has 0 aliphatic rings. The highest BCUT2D eigenvalue weighted by molar-refractivity contribution is 5.74. The summed E-state index contributed by atoms with van der Waals surface area (Å²) in [7, 11) is 0. The first kappa shape index (κ1) is 9.90. The Bertz CT molecular complexity index is 151. The number of hydrogen-bond donors (Lipinski definition) is 2. The van der Waals surface area contributed by atoms with Crippen LogP contribution in [0.15, 0.2) is 0 Å². The Labute approximate surface area is 63.6 Å². The maximum Gasteiger partial charge on any atom is 0.334 e. The van der Waals surface area contributed by atoms with Crippen LogP contribution in [-0.2, 0) is 14.3 Å². The van der Waals surface area contributed by atoms with Gasteiger partial charge in [0.05, 0.1) is 6.42 Å². The molecule has 1 unspecified atom stereocenters. The van der Waals surface area contributed by atoms with Crippen molar-refractivity contribution in [1.29, 1.82) is 0 Å². The third-order valence-corrected chi connectivity index (χ3v) is 0.901. The lowest BCUT2D eigenvalue weighted by Gasteiger charge is -2.03. The summed E-state index contributed by atoms with van der Waals surface area (Å²) in [6.07, 6.45) is -1.43. The lowest BCUT2D eigenvalue weighted by atomic mass is 10.4. The molecule has 0 saturated carbocycles. The number of aliphatic hydroxyl groups excluding tert-OH is 1. The molecule has 0 aromatic carbocycles. The van der Waals surface area contributed by atoms with Gasteiger partial charge >= 0.3 is 11.9 Å². The van der Waals surface area contributed by atoms with Crippen molar-refractivity contribution in [3.8, 4) is 0 Å². The number of carboxylic acids is 1. The van der Waals surface area contributed by atoms with E-state index in [1.165, 1.54) is 6.92 Å². The fourth-order valence-corrected chi connectivity index (χ4v) is 0.360. The summed E-state index contributed by atoms with van der Waals surface area (Å²) in [6, 6.07) is 0. The predicted octanol–water partition coefficient (Wildman–Crippen LogP) is -0.615. The van der Waals surface area contributed by atoms with E-state index in [9.17, 15) is 9.59 Å². The highest BCUT2D eigenvalue weighted by Gasteiger charge is 2.09. The van der Waals surface area contributed by atoms with Gasteiger partial charge in [-0.1, -0.05) is 0 Å². The van der Waals surface area contributed by atoms with Crippen molar-refractivity contribution in [3.63, 3.8) is 0 Å². The van der Waals surface area contributed by atoms with Gasteiger partial charge in [0.25, 0.3) is 0 Å². The number of esters is 1. The van der Waals surface area contributed by atoms with Gasteiger partial charge < -0.3 is 14.9 Å². The fraction of sp³-hybridized carbons (Fsp3) is 0.667. The molecule has 0 rings (SSSR count). The van der Waals surface area contributed by atoms with E-state index in [1.807, 2.05) is 0 Å². The van der Waals surface area contributed by atoms with E-state index in [0.717, 1.165) is 0 Å². The Morgan fingerprint density at radius 3 is 2.45 bits per heavy atom. The van der Waals surface area contributed by atoms with Crippen LogP contribution in [0, 0.1) is 0 Å². The van der Waals surface area contributed by atoms with E-state index < -0.39 is 18.0 Å². The molecule has 0 aliphatic carbocycles. The molecule has 0 aromatic rings. The molecule has 0 amide bonds. The topological polar surface area (TPSA) is 83.8 Å². The summed E-state index contributed by atoms with van der Waals surface area (Å²) in [5.74, 6) is -1.84. The zero-order valence-electron chi connectivity index (χ0n) is 6.11. The molecule has 11 heavy (non-hydrogen) atoms. The van der Waals surface area contributed by atoms with Crippen LogP contribution in [0.3, 0.4) is 0 Å². The van der Waals surface area contributed by atoms with E-state index in [2.05, 4.69) is 4.74 Å². The standard InChI is InChI=1S/C6H10O5/c1-4(7)6(10)11-3-2-5(8)9/h4,7H,2-3H2,1H3,(H,8,9). The van der Waals surface area contributed by atoms with Crippen LogP contribution >= 0.6 is 0 Å². The van der Waals surface area contributed by atoms with Crippen molar-refractivity contribution < 1.29 is 24.5 Å². The lowest BCUT2D eigenvalue weighted by molar-refractivity contribution is -0.154. The first-order valence-corrected chi connectivity index (χ1v) is 3.10. The Morgan fingerprint density at radius 1 is 1.55 bits per heavy atom. The van der Waals surface area contributed by atoms with Crippen molar-refractivity contribution in [1.82, 2.24) is 0 Å². The monoisotopic (exact) mass is 162 g/mol. The van der Waals surface area contributed by atoms with Gasteiger partial charge in [0.2, 0.25) is 0 Å². The van der Waals surface area contributed by atoms with Gasteiger partial charge in [0, 0.05) is 0 Å². The first-order chi connectivity index (χ1) is 5.04. The van der Waals surface area contributed by atoms with E-state index >= 15 is 0 Å². The second-order valence-corrected chi connectivity index (χ2v) is 1.99. The highest BCUT2D eigenvalue weighted by Crippen LogP contribution is 1.88. The van der Waals surface area contributed by atoms with Crippen molar-refractivity contribution >= 4 is 11.9 Å². The summed E-state index contributed by atoms with van der Waals surface area (Å²) in [4.78, 5) is 20.4. The molecule has 0 spiro atoms. The number of carbonyl (C=O) groups is 2. The molecule has 0 heterocycles. The number of ether oxygens (including phenoxy) is 1. The van der Waals surface area contributed by atoms with Gasteiger partial charge in [-0.25, -0.2) is 4.79 Å². The van der Waals surface area contributed by atoms with Crippen LogP contribution in [0.1, 0.15) is 13.3 Å². The number of hydrogen-bond acceptors (Lipinski definition) is 4. The Hall–Kier alpha value is -1.10. The Morgan fingerprint density at radius 2 is 2.09 bits per heavy atom. The molecular formula is C6H10O5. The molecule has 0 fully saturated rings. The number of aliphatic carboxylic acids is 1. The van der Waals surface area contributed by atoms with E-state index in [-0.39, 0.29) is 13.0 Å². The van der Waals surface area contributed by atoms with Gasteiger partial charge in [-0.15, -0.1) is 0 Å². The second-order valence-electron chi connectivity index (χ2n) is 1.99. The van der Waals surface area contributed by atoms with Crippen LogP contribution < -0.4 is 0 Å². The number of carbonyl (C=O) groups excluding carboxylic acids is 1. The molecule has 1 atom stereocenters. The molecular weight excluding hydrogens is 152 g/mol. The average Bonchev–Trinajstić information content (AvgIpc) is 1.86. The quantitative estimate of drug-likeness (QED) is 0.538.